The van der Waals surface area contributed by atoms with Crippen LogP contribution >= 0.6 is 0 Å². The molecule has 3 N–H and O–H groups in total. The number of anilines is 1. The van der Waals surface area contributed by atoms with Gasteiger partial charge in [-0.2, -0.15) is 5.10 Å². The fourth-order valence-electron chi connectivity index (χ4n) is 2.34. The summed E-state index contributed by atoms with van der Waals surface area (Å²) in [6, 6.07) is 2.78. The number of nitrogens with zero attached hydrogens (tertiary/aromatic N) is 1. The lowest BCUT2D eigenvalue weighted by molar-refractivity contribution is 0.478. The second-order valence-corrected chi connectivity index (χ2v) is 5.40. The summed E-state index contributed by atoms with van der Waals surface area (Å²) in [6.45, 7) is 4.54. The molecule has 1 aromatic heterocycles. The molecule has 0 atom stereocenters. The van der Waals surface area contributed by atoms with Gasteiger partial charge in [0.15, 0.2) is 0 Å². The van der Waals surface area contributed by atoms with Gasteiger partial charge in [-0.15, -0.1) is 0 Å². The molecule has 1 aliphatic heterocycles. The fourth-order valence-corrected chi connectivity index (χ4v) is 2.34. The molecule has 0 unspecified atom stereocenters. The third-order valence-corrected chi connectivity index (χ3v) is 3.92. The lowest BCUT2D eigenvalue weighted by atomic mass is 10.1. The SMILES string of the molecule is CC1(c2cc(NC3CCNCC3)n[nH]2)CC1. The van der Waals surface area contributed by atoms with Crippen LogP contribution < -0.4 is 10.6 Å². The molecule has 4 heteroatoms. The highest BCUT2D eigenvalue weighted by atomic mass is 15.2. The van der Waals surface area contributed by atoms with Gasteiger partial charge in [-0.3, -0.25) is 5.10 Å². The smallest absolute Gasteiger partial charge is 0.148 e. The summed E-state index contributed by atoms with van der Waals surface area (Å²) in [5.74, 6) is 1.02. The van der Waals surface area contributed by atoms with E-state index in [2.05, 4.69) is 33.8 Å². The molecule has 0 bridgehead atoms. The number of nitrogens with one attached hydrogen (secondary N) is 3. The zero-order valence-corrected chi connectivity index (χ0v) is 9.84. The molecule has 4 nitrogen and oxygen atoms in total. The van der Waals surface area contributed by atoms with Crippen LogP contribution in [0.2, 0.25) is 0 Å². The molecule has 0 radical (unpaired) electrons. The number of hydrogen-bond acceptors (Lipinski definition) is 3. The molecule has 0 amide bonds. The second-order valence-electron chi connectivity index (χ2n) is 5.40. The fraction of sp³-hybridized carbons (Fsp3) is 0.750. The van der Waals surface area contributed by atoms with E-state index in [0.29, 0.717) is 11.5 Å². The lowest BCUT2D eigenvalue weighted by Crippen LogP contribution is -2.35. The van der Waals surface area contributed by atoms with Crippen LogP contribution in [0.3, 0.4) is 0 Å². The Balaban J connectivity index is 1.63. The van der Waals surface area contributed by atoms with Gasteiger partial charge >= 0.3 is 0 Å². The Kier molecular flexibility index (Phi) is 2.39. The molecule has 16 heavy (non-hydrogen) atoms. The molecule has 1 saturated carbocycles. The number of hydrogen-bond donors (Lipinski definition) is 3. The van der Waals surface area contributed by atoms with Crippen molar-refractivity contribution in [3.63, 3.8) is 0 Å². The Morgan fingerprint density at radius 2 is 2.12 bits per heavy atom. The van der Waals surface area contributed by atoms with Crippen molar-refractivity contribution in [3.05, 3.63) is 11.8 Å². The standard InChI is InChI=1S/C12H20N4/c1-12(4-5-12)10-8-11(16-15-10)14-9-2-6-13-7-3-9/h8-9,13H,2-7H2,1H3,(H2,14,15,16). The summed E-state index contributed by atoms with van der Waals surface area (Å²) in [6.07, 6.45) is 4.98. The molecule has 2 aliphatic rings. The van der Waals surface area contributed by atoms with E-state index in [1.165, 1.54) is 31.4 Å². The molecule has 88 valence electrons. The van der Waals surface area contributed by atoms with Crippen LogP contribution in [0.5, 0.6) is 0 Å². The molecular weight excluding hydrogens is 200 g/mol. The van der Waals surface area contributed by atoms with Crippen LogP contribution in [0.1, 0.15) is 38.3 Å². The third kappa shape index (κ3) is 1.94. The van der Waals surface area contributed by atoms with Crippen molar-refractivity contribution in [2.45, 2.75) is 44.1 Å². The van der Waals surface area contributed by atoms with E-state index in [-0.39, 0.29) is 0 Å². The van der Waals surface area contributed by atoms with Gasteiger partial charge in [-0.05, 0) is 38.8 Å². The Morgan fingerprint density at radius 1 is 1.38 bits per heavy atom. The highest BCUT2D eigenvalue weighted by molar-refractivity contribution is 5.40. The van der Waals surface area contributed by atoms with Crippen LogP contribution in [0, 0.1) is 0 Å². The number of H-pyrrole nitrogens is 1. The molecule has 3 rings (SSSR count). The molecule has 1 saturated heterocycles. The first-order valence-electron chi connectivity index (χ1n) is 6.29. The molecular formula is C12H20N4. The monoisotopic (exact) mass is 220 g/mol. The van der Waals surface area contributed by atoms with E-state index < -0.39 is 0 Å². The largest absolute Gasteiger partial charge is 0.366 e. The first-order chi connectivity index (χ1) is 7.76. The van der Waals surface area contributed by atoms with Gasteiger partial charge in [0.2, 0.25) is 0 Å². The van der Waals surface area contributed by atoms with Gasteiger partial charge < -0.3 is 10.6 Å². The zero-order valence-electron chi connectivity index (χ0n) is 9.84. The van der Waals surface area contributed by atoms with Gasteiger partial charge in [-0.25, -0.2) is 0 Å². The average molecular weight is 220 g/mol. The van der Waals surface area contributed by atoms with Crippen LogP contribution in [-0.4, -0.2) is 29.3 Å². The van der Waals surface area contributed by atoms with Gasteiger partial charge in [0.25, 0.3) is 0 Å². The Hall–Kier alpha value is -1.03. The maximum absolute atomic E-state index is 4.36. The van der Waals surface area contributed by atoms with Gasteiger partial charge in [-0.1, -0.05) is 6.92 Å². The summed E-state index contributed by atoms with van der Waals surface area (Å²) in [5, 5.41) is 14.4. The predicted molar refractivity (Wildman–Crippen MR) is 64.7 cm³/mol. The van der Waals surface area contributed by atoms with Gasteiger partial charge in [0.1, 0.15) is 5.82 Å². The average Bonchev–Trinajstić information content (AvgIpc) is 2.88. The molecule has 2 heterocycles. The van der Waals surface area contributed by atoms with Gasteiger partial charge in [0.05, 0.1) is 0 Å². The summed E-state index contributed by atoms with van der Waals surface area (Å²) in [4.78, 5) is 0. The Labute approximate surface area is 96.2 Å². The van der Waals surface area contributed by atoms with E-state index in [9.17, 15) is 0 Å². The van der Waals surface area contributed by atoms with E-state index >= 15 is 0 Å². The van der Waals surface area contributed by atoms with Crippen LogP contribution in [0.4, 0.5) is 5.82 Å². The van der Waals surface area contributed by atoms with Crippen molar-refractivity contribution in [2.24, 2.45) is 0 Å². The van der Waals surface area contributed by atoms with Crippen LogP contribution in [0.15, 0.2) is 6.07 Å². The highest BCUT2D eigenvalue weighted by Gasteiger charge is 2.40. The minimum Gasteiger partial charge on any atom is -0.366 e. The summed E-state index contributed by atoms with van der Waals surface area (Å²) < 4.78 is 0. The van der Waals surface area contributed by atoms with Gasteiger partial charge in [0, 0.05) is 23.2 Å². The quantitative estimate of drug-likeness (QED) is 0.725. The molecule has 0 aromatic carbocycles. The Morgan fingerprint density at radius 3 is 2.81 bits per heavy atom. The van der Waals surface area contributed by atoms with Crippen LogP contribution in [-0.2, 0) is 5.41 Å². The number of rotatable bonds is 3. The minimum atomic E-state index is 0.390. The van der Waals surface area contributed by atoms with E-state index in [1.807, 2.05) is 0 Å². The maximum atomic E-state index is 4.36. The maximum Gasteiger partial charge on any atom is 0.148 e. The van der Waals surface area contributed by atoms with Crippen LogP contribution in [0.25, 0.3) is 0 Å². The van der Waals surface area contributed by atoms with E-state index in [1.54, 1.807) is 0 Å². The molecule has 1 aromatic rings. The second kappa shape index (κ2) is 3.77. The zero-order chi connectivity index (χ0) is 11.0. The van der Waals surface area contributed by atoms with Crippen molar-refractivity contribution in [2.75, 3.05) is 18.4 Å². The highest BCUT2D eigenvalue weighted by Crippen LogP contribution is 2.47. The molecule has 0 spiro atoms. The summed E-state index contributed by atoms with van der Waals surface area (Å²) >= 11 is 0. The predicted octanol–water partition coefficient (Wildman–Crippen LogP) is 1.63. The third-order valence-electron chi connectivity index (χ3n) is 3.92. The molecule has 1 aliphatic carbocycles. The topological polar surface area (TPSA) is 52.7 Å². The number of aromatic nitrogens is 2. The summed E-state index contributed by atoms with van der Waals surface area (Å²) in [7, 11) is 0. The number of aromatic amines is 1. The lowest BCUT2D eigenvalue weighted by Gasteiger charge is -2.23. The summed E-state index contributed by atoms with van der Waals surface area (Å²) in [5.41, 5.74) is 1.69. The van der Waals surface area contributed by atoms with Crippen molar-refractivity contribution < 1.29 is 0 Å². The molecule has 2 fully saturated rings. The minimum absolute atomic E-state index is 0.390. The van der Waals surface area contributed by atoms with E-state index in [0.717, 1.165) is 18.9 Å². The first-order valence-corrected chi connectivity index (χ1v) is 6.29. The normalized spacial score (nSPS) is 24.3. The Bertz CT molecular complexity index is 361. The van der Waals surface area contributed by atoms with Crippen molar-refractivity contribution in [1.29, 1.82) is 0 Å². The van der Waals surface area contributed by atoms with Crippen molar-refractivity contribution in [1.82, 2.24) is 15.5 Å². The van der Waals surface area contributed by atoms with Crippen molar-refractivity contribution >= 4 is 5.82 Å². The van der Waals surface area contributed by atoms with E-state index in [4.69, 9.17) is 0 Å². The number of piperidine rings is 1. The first kappa shape index (κ1) is 10.1. The van der Waals surface area contributed by atoms with Crippen molar-refractivity contribution in [3.8, 4) is 0 Å².